The first-order valence-corrected chi connectivity index (χ1v) is 3.48. The van der Waals surface area contributed by atoms with E-state index in [0.717, 1.165) is 6.33 Å². The summed E-state index contributed by atoms with van der Waals surface area (Å²) in [5, 5.41) is 0. The van der Waals surface area contributed by atoms with Gasteiger partial charge in [-0.2, -0.15) is 13.2 Å². The van der Waals surface area contributed by atoms with E-state index in [-0.39, 0.29) is 5.56 Å². The van der Waals surface area contributed by atoms with Crippen LogP contribution in [0.15, 0.2) is 17.3 Å². The summed E-state index contributed by atoms with van der Waals surface area (Å²) in [5.41, 5.74) is -0.459. The summed E-state index contributed by atoms with van der Waals surface area (Å²) in [6.07, 6.45) is -2.28. The molecule has 0 N–H and O–H groups in total. The lowest BCUT2D eigenvalue weighted by molar-refractivity contribution is -0.141. The Bertz CT molecular complexity index is 355. The van der Waals surface area contributed by atoms with Gasteiger partial charge in [-0.1, -0.05) is 0 Å². The summed E-state index contributed by atoms with van der Waals surface area (Å²) >= 11 is 0. The van der Waals surface area contributed by atoms with Crippen LogP contribution < -0.4 is 5.56 Å². The molecule has 0 saturated carbocycles. The van der Waals surface area contributed by atoms with Gasteiger partial charge in [0.05, 0.1) is 6.33 Å². The van der Waals surface area contributed by atoms with E-state index in [1.807, 2.05) is 0 Å². The van der Waals surface area contributed by atoms with Gasteiger partial charge in [0.15, 0.2) is 0 Å². The van der Waals surface area contributed by atoms with Gasteiger partial charge in [-0.05, 0) is 6.92 Å². The smallest absolute Gasteiger partial charge is 0.290 e. The largest absolute Gasteiger partial charge is 0.406 e. The van der Waals surface area contributed by atoms with E-state index in [4.69, 9.17) is 0 Å². The summed E-state index contributed by atoms with van der Waals surface area (Å²) in [4.78, 5) is 14.6. The van der Waals surface area contributed by atoms with Gasteiger partial charge in [0.1, 0.15) is 6.54 Å². The molecule has 1 aromatic rings. The van der Waals surface area contributed by atoms with E-state index >= 15 is 0 Å². The van der Waals surface area contributed by atoms with Crippen molar-refractivity contribution in [1.29, 1.82) is 0 Å². The molecule has 0 bridgehead atoms. The zero-order valence-corrected chi connectivity index (χ0v) is 6.80. The summed E-state index contributed by atoms with van der Waals surface area (Å²) in [6.45, 7) is 0.128. The maximum atomic E-state index is 11.9. The van der Waals surface area contributed by atoms with Crippen LogP contribution in [0.2, 0.25) is 0 Å². The summed E-state index contributed by atoms with van der Waals surface area (Å²) in [5.74, 6) is 0. The molecule has 3 nitrogen and oxygen atoms in total. The first-order valence-electron chi connectivity index (χ1n) is 3.48. The molecule has 1 aromatic heterocycles. The SMILES string of the molecule is Cc1cncn(CC(F)(F)F)c1=O. The normalized spacial score (nSPS) is 11.7. The standard InChI is InChI=1S/C7H7F3N2O/c1-5-2-11-4-12(6(5)13)3-7(8,9)10/h2,4H,3H2,1H3. The highest BCUT2D eigenvalue weighted by Gasteiger charge is 2.28. The van der Waals surface area contributed by atoms with E-state index < -0.39 is 18.3 Å². The molecule has 1 heterocycles. The predicted octanol–water partition coefficient (Wildman–Crippen LogP) is 1.11. The number of aromatic nitrogens is 2. The maximum absolute atomic E-state index is 11.9. The van der Waals surface area contributed by atoms with Crippen LogP contribution in [0.5, 0.6) is 0 Å². The topological polar surface area (TPSA) is 34.9 Å². The lowest BCUT2D eigenvalue weighted by atomic mass is 10.4. The average Bonchev–Trinajstić information content (AvgIpc) is 1.96. The van der Waals surface area contributed by atoms with Crippen LogP contribution in [-0.2, 0) is 6.54 Å². The lowest BCUT2D eigenvalue weighted by Crippen LogP contribution is -2.29. The molecule has 0 aliphatic carbocycles. The van der Waals surface area contributed by atoms with E-state index in [9.17, 15) is 18.0 Å². The summed E-state index contributed by atoms with van der Waals surface area (Å²) in [6, 6.07) is 0. The summed E-state index contributed by atoms with van der Waals surface area (Å²) in [7, 11) is 0. The molecule has 0 radical (unpaired) electrons. The second kappa shape index (κ2) is 3.20. The zero-order valence-electron chi connectivity index (χ0n) is 6.80. The summed E-state index contributed by atoms with van der Waals surface area (Å²) < 4.78 is 36.1. The molecular formula is C7H7F3N2O. The van der Waals surface area contributed by atoms with Crippen LogP contribution in [0.3, 0.4) is 0 Å². The Morgan fingerprint density at radius 3 is 2.69 bits per heavy atom. The average molecular weight is 192 g/mol. The molecule has 0 aliphatic rings. The molecule has 0 atom stereocenters. The van der Waals surface area contributed by atoms with Crippen molar-refractivity contribution in [3.63, 3.8) is 0 Å². The van der Waals surface area contributed by atoms with Gasteiger partial charge in [0.2, 0.25) is 0 Å². The number of halogens is 3. The van der Waals surface area contributed by atoms with Crippen molar-refractivity contribution in [2.45, 2.75) is 19.6 Å². The molecule has 6 heteroatoms. The van der Waals surface area contributed by atoms with Gasteiger partial charge in [0.25, 0.3) is 5.56 Å². The van der Waals surface area contributed by atoms with Gasteiger partial charge in [-0.15, -0.1) is 0 Å². The fraction of sp³-hybridized carbons (Fsp3) is 0.429. The van der Waals surface area contributed by atoms with Crippen molar-refractivity contribution in [3.8, 4) is 0 Å². The molecule has 0 fully saturated rings. The highest BCUT2D eigenvalue weighted by Crippen LogP contribution is 2.15. The molecule has 1 rings (SSSR count). The third-order valence-corrected chi connectivity index (χ3v) is 1.42. The van der Waals surface area contributed by atoms with Crippen molar-refractivity contribution in [2.24, 2.45) is 0 Å². The van der Waals surface area contributed by atoms with E-state index in [2.05, 4.69) is 4.98 Å². The van der Waals surface area contributed by atoms with Crippen LogP contribution in [0.4, 0.5) is 13.2 Å². The quantitative estimate of drug-likeness (QED) is 0.668. The Morgan fingerprint density at radius 2 is 2.15 bits per heavy atom. The van der Waals surface area contributed by atoms with E-state index in [1.165, 1.54) is 13.1 Å². The molecule has 0 spiro atoms. The van der Waals surface area contributed by atoms with Crippen LogP contribution in [0, 0.1) is 6.92 Å². The fourth-order valence-corrected chi connectivity index (χ4v) is 0.866. The second-order valence-electron chi connectivity index (χ2n) is 2.62. The van der Waals surface area contributed by atoms with E-state index in [1.54, 1.807) is 0 Å². The van der Waals surface area contributed by atoms with Gasteiger partial charge in [-0.3, -0.25) is 9.36 Å². The molecule has 72 valence electrons. The number of hydrogen-bond donors (Lipinski definition) is 0. The Labute approximate surface area is 71.8 Å². The number of aryl methyl sites for hydroxylation is 1. The molecule has 13 heavy (non-hydrogen) atoms. The minimum Gasteiger partial charge on any atom is -0.290 e. The van der Waals surface area contributed by atoms with E-state index in [0.29, 0.717) is 4.57 Å². The van der Waals surface area contributed by atoms with Gasteiger partial charge >= 0.3 is 6.18 Å². The zero-order chi connectivity index (χ0) is 10.1. The molecule has 0 unspecified atom stereocenters. The first kappa shape index (κ1) is 9.76. The van der Waals surface area contributed by atoms with Gasteiger partial charge in [-0.25, -0.2) is 4.98 Å². The van der Waals surface area contributed by atoms with Crippen LogP contribution in [-0.4, -0.2) is 15.7 Å². The van der Waals surface area contributed by atoms with Crippen molar-refractivity contribution >= 4 is 0 Å². The number of hydrogen-bond acceptors (Lipinski definition) is 2. The highest BCUT2D eigenvalue weighted by atomic mass is 19.4. The monoisotopic (exact) mass is 192 g/mol. The van der Waals surface area contributed by atoms with Crippen LogP contribution in [0.25, 0.3) is 0 Å². The van der Waals surface area contributed by atoms with Crippen molar-refractivity contribution in [2.75, 3.05) is 0 Å². The molecule has 0 saturated heterocycles. The maximum Gasteiger partial charge on any atom is 0.406 e. The number of alkyl halides is 3. The number of rotatable bonds is 1. The Balaban J connectivity index is 3.03. The second-order valence-corrected chi connectivity index (χ2v) is 2.62. The van der Waals surface area contributed by atoms with Crippen molar-refractivity contribution in [3.05, 3.63) is 28.4 Å². The fourth-order valence-electron chi connectivity index (χ4n) is 0.866. The Morgan fingerprint density at radius 1 is 1.54 bits per heavy atom. The molecule has 0 amide bonds. The highest BCUT2D eigenvalue weighted by molar-refractivity contribution is 5.00. The van der Waals surface area contributed by atoms with Gasteiger partial charge < -0.3 is 0 Å². The number of nitrogens with zero attached hydrogens (tertiary/aromatic N) is 2. The Kier molecular flexibility index (Phi) is 2.40. The van der Waals surface area contributed by atoms with Crippen molar-refractivity contribution < 1.29 is 13.2 Å². The molecule has 0 aliphatic heterocycles. The lowest BCUT2D eigenvalue weighted by Gasteiger charge is -2.08. The minimum absolute atomic E-state index is 0.201. The molecular weight excluding hydrogens is 185 g/mol. The first-order chi connectivity index (χ1) is 5.90. The van der Waals surface area contributed by atoms with Gasteiger partial charge in [0, 0.05) is 11.8 Å². The Hall–Kier alpha value is -1.33. The minimum atomic E-state index is -4.39. The van der Waals surface area contributed by atoms with Crippen LogP contribution in [0.1, 0.15) is 5.56 Å². The third kappa shape index (κ3) is 2.57. The predicted molar refractivity (Wildman–Crippen MR) is 39.3 cm³/mol. The third-order valence-electron chi connectivity index (χ3n) is 1.42. The molecule has 0 aromatic carbocycles. The van der Waals surface area contributed by atoms with Crippen LogP contribution >= 0.6 is 0 Å². The van der Waals surface area contributed by atoms with Crippen molar-refractivity contribution in [1.82, 2.24) is 9.55 Å².